The van der Waals surface area contributed by atoms with E-state index in [1.165, 1.54) is 11.0 Å². The molecule has 0 aliphatic carbocycles. The van der Waals surface area contributed by atoms with Gasteiger partial charge < -0.3 is 4.57 Å². The summed E-state index contributed by atoms with van der Waals surface area (Å²) < 4.78 is 16.0. The molecule has 2 amide bonds. The van der Waals surface area contributed by atoms with Crippen LogP contribution in [-0.2, 0) is 17.9 Å². The summed E-state index contributed by atoms with van der Waals surface area (Å²) in [6.07, 6.45) is 1.90. The molecule has 1 saturated heterocycles. The Bertz CT molecular complexity index is 966. The van der Waals surface area contributed by atoms with Crippen molar-refractivity contribution in [1.29, 1.82) is 0 Å². The zero-order valence-electron chi connectivity index (χ0n) is 13.3. The van der Waals surface area contributed by atoms with Crippen molar-refractivity contribution in [2.75, 3.05) is 5.75 Å². The van der Waals surface area contributed by atoms with Gasteiger partial charge in [-0.2, -0.15) is 0 Å². The van der Waals surface area contributed by atoms with E-state index in [0.29, 0.717) is 12.1 Å². The minimum Gasteiger partial charge on any atom is -0.343 e. The van der Waals surface area contributed by atoms with Gasteiger partial charge in [-0.25, -0.2) is 4.39 Å². The highest BCUT2D eigenvalue weighted by molar-refractivity contribution is 8.14. The maximum atomic E-state index is 14.0. The summed E-state index contributed by atoms with van der Waals surface area (Å²) in [5.41, 5.74) is 2.43. The summed E-state index contributed by atoms with van der Waals surface area (Å²) in [5.74, 6) is -0.212. The molecule has 4 nitrogen and oxygen atoms in total. The third-order valence-corrected chi connectivity index (χ3v) is 5.20. The van der Waals surface area contributed by atoms with Crippen molar-refractivity contribution < 1.29 is 14.0 Å². The molecule has 1 aliphatic rings. The fourth-order valence-electron chi connectivity index (χ4n) is 3.09. The van der Waals surface area contributed by atoms with E-state index in [2.05, 4.69) is 0 Å². The van der Waals surface area contributed by atoms with Crippen molar-refractivity contribution in [1.82, 2.24) is 9.47 Å². The predicted molar refractivity (Wildman–Crippen MR) is 95.8 cm³/mol. The quantitative estimate of drug-likeness (QED) is 0.711. The number of rotatable bonds is 4. The number of carbonyl (C=O) groups is 2. The van der Waals surface area contributed by atoms with Crippen LogP contribution in [0.2, 0.25) is 0 Å². The van der Waals surface area contributed by atoms with Gasteiger partial charge in [0.2, 0.25) is 5.91 Å². The molecule has 2 aromatic carbocycles. The molecule has 0 unspecified atom stereocenters. The lowest BCUT2D eigenvalue weighted by molar-refractivity contribution is -0.124. The first kappa shape index (κ1) is 15.9. The topological polar surface area (TPSA) is 42.3 Å². The Morgan fingerprint density at radius 2 is 1.72 bits per heavy atom. The fourth-order valence-corrected chi connectivity index (χ4v) is 3.82. The minimum atomic E-state index is -0.247. The van der Waals surface area contributed by atoms with Crippen molar-refractivity contribution in [3.63, 3.8) is 0 Å². The number of thioether (sulfide) groups is 1. The van der Waals surface area contributed by atoms with E-state index < -0.39 is 0 Å². The van der Waals surface area contributed by atoms with Gasteiger partial charge in [0.15, 0.2) is 0 Å². The molecule has 0 N–H and O–H groups in total. The van der Waals surface area contributed by atoms with Crippen molar-refractivity contribution in [2.24, 2.45) is 0 Å². The predicted octanol–water partition coefficient (Wildman–Crippen LogP) is 4.02. The van der Waals surface area contributed by atoms with Crippen LogP contribution in [0.5, 0.6) is 0 Å². The van der Waals surface area contributed by atoms with E-state index >= 15 is 0 Å². The second kappa shape index (κ2) is 6.37. The van der Waals surface area contributed by atoms with Crippen LogP contribution in [0.3, 0.4) is 0 Å². The van der Waals surface area contributed by atoms with E-state index in [1.807, 2.05) is 41.1 Å². The van der Waals surface area contributed by atoms with Gasteiger partial charge >= 0.3 is 0 Å². The number of nitrogens with zero attached hydrogens (tertiary/aromatic N) is 2. The number of halogens is 1. The Morgan fingerprint density at radius 1 is 0.960 bits per heavy atom. The Balaban J connectivity index is 1.73. The Labute approximate surface area is 148 Å². The summed E-state index contributed by atoms with van der Waals surface area (Å²) in [6.45, 7) is 0.638. The van der Waals surface area contributed by atoms with Gasteiger partial charge in [0.1, 0.15) is 5.82 Å². The van der Waals surface area contributed by atoms with Crippen LogP contribution in [-0.4, -0.2) is 26.4 Å². The number of hydrogen-bond donors (Lipinski definition) is 0. The number of carbonyl (C=O) groups excluding carboxylic acids is 2. The molecular formula is C19H15FN2O2S. The summed E-state index contributed by atoms with van der Waals surface area (Å²) in [7, 11) is 0. The SMILES string of the molecule is O=C1CSC(=O)N1Cc1cn(Cc2ccccc2F)c2ccccc12. The monoisotopic (exact) mass is 354 g/mol. The van der Waals surface area contributed by atoms with Crippen LogP contribution in [0.1, 0.15) is 11.1 Å². The van der Waals surface area contributed by atoms with Crippen molar-refractivity contribution in [3.05, 3.63) is 71.7 Å². The van der Waals surface area contributed by atoms with Gasteiger partial charge in [-0.3, -0.25) is 14.5 Å². The molecule has 2 heterocycles. The Morgan fingerprint density at radius 3 is 2.48 bits per heavy atom. The summed E-state index contributed by atoms with van der Waals surface area (Å²) in [6, 6.07) is 14.4. The number of fused-ring (bicyclic) bond motifs is 1. The van der Waals surface area contributed by atoms with Crippen LogP contribution in [0, 0.1) is 5.82 Å². The third kappa shape index (κ3) is 2.93. The summed E-state index contributed by atoms with van der Waals surface area (Å²) >= 11 is 1.03. The van der Waals surface area contributed by atoms with Gasteiger partial charge in [0.05, 0.1) is 18.8 Å². The Hall–Kier alpha value is -2.60. The second-order valence-corrected chi connectivity index (χ2v) is 6.85. The molecule has 3 aromatic rings. The first-order valence-corrected chi connectivity index (χ1v) is 8.89. The van der Waals surface area contributed by atoms with Gasteiger partial charge in [-0.1, -0.05) is 48.2 Å². The van der Waals surface area contributed by atoms with Gasteiger partial charge in [0, 0.05) is 22.7 Å². The van der Waals surface area contributed by atoms with Crippen LogP contribution >= 0.6 is 11.8 Å². The maximum Gasteiger partial charge on any atom is 0.289 e. The normalized spacial score (nSPS) is 14.7. The molecule has 25 heavy (non-hydrogen) atoms. The Kier molecular flexibility index (Phi) is 4.05. The highest BCUT2D eigenvalue weighted by atomic mass is 32.2. The summed E-state index contributed by atoms with van der Waals surface area (Å²) in [4.78, 5) is 25.1. The average Bonchev–Trinajstić information content (AvgIpc) is 3.12. The molecule has 0 saturated carbocycles. The van der Waals surface area contributed by atoms with Crippen molar-refractivity contribution in [2.45, 2.75) is 13.1 Å². The number of para-hydroxylation sites is 1. The number of aromatic nitrogens is 1. The third-order valence-electron chi connectivity index (χ3n) is 4.34. The number of hydrogen-bond acceptors (Lipinski definition) is 3. The molecule has 126 valence electrons. The lowest BCUT2D eigenvalue weighted by atomic mass is 10.1. The van der Waals surface area contributed by atoms with E-state index in [9.17, 15) is 14.0 Å². The first-order valence-electron chi connectivity index (χ1n) is 7.91. The first-order chi connectivity index (χ1) is 12.1. The molecule has 0 radical (unpaired) electrons. The highest BCUT2D eigenvalue weighted by Crippen LogP contribution is 2.27. The van der Waals surface area contributed by atoms with Crippen LogP contribution in [0.25, 0.3) is 10.9 Å². The van der Waals surface area contributed by atoms with E-state index in [1.54, 1.807) is 12.1 Å². The van der Waals surface area contributed by atoms with E-state index in [-0.39, 0.29) is 29.3 Å². The van der Waals surface area contributed by atoms with Gasteiger partial charge in [0.25, 0.3) is 5.24 Å². The molecule has 0 atom stereocenters. The van der Waals surface area contributed by atoms with Crippen LogP contribution in [0.15, 0.2) is 54.7 Å². The van der Waals surface area contributed by atoms with Crippen LogP contribution < -0.4 is 0 Å². The van der Waals surface area contributed by atoms with Gasteiger partial charge in [-0.05, 0) is 17.7 Å². The molecular weight excluding hydrogens is 339 g/mol. The van der Waals surface area contributed by atoms with Crippen LogP contribution in [0.4, 0.5) is 9.18 Å². The lowest BCUT2D eigenvalue weighted by Crippen LogP contribution is -2.27. The smallest absolute Gasteiger partial charge is 0.289 e. The molecule has 0 spiro atoms. The lowest BCUT2D eigenvalue weighted by Gasteiger charge is -2.11. The molecule has 4 rings (SSSR count). The highest BCUT2D eigenvalue weighted by Gasteiger charge is 2.30. The number of benzene rings is 2. The molecule has 1 aromatic heterocycles. The largest absolute Gasteiger partial charge is 0.343 e. The van der Waals surface area contributed by atoms with Crippen molar-refractivity contribution in [3.8, 4) is 0 Å². The minimum absolute atomic E-state index is 0.166. The number of amides is 2. The fraction of sp³-hybridized carbons (Fsp3) is 0.158. The zero-order valence-corrected chi connectivity index (χ0v) is 14.1. The number of imide groups is 1. The molecule has 0 bridgehead atoms. The molecule has 6 heteroatoms. The maximum absolute atomic E-state index is 14.0. The molecule has 1 fully saturated rings. The average molecular weight is 354 g/mol. The zero-order chi connectivity index (χ0) is 17.4. The van der Waals surface area contributed by atoms with Crippen molar-refractivity contribution >= 4 is 33.8 Å². The second-order valence-electron chi connectivity index (χ2n) is 5.93. The summed E-state index contributed by atoms with van der Waals surface area (Å²) in [5, 5.41) is 0.757. The van der Waals surface area contributed by atoms with E-state index in [4.69, 9.17) is 0 Å². The molecule has 1 aliphatic heterocycles. The standard InChI is InChI=1S/C19H15FN2O2S/c20-16-7-3-1-5-13(16)9-21-10-14(15-6-2-4-8-17(15)21)11-22-18(23)12-25-19(22)24/h1-8,10H,9,11-12H2. The van der Waals surface area contributed by atoms with E-state index in [0.717, 1.165) is 28.2 Å². The van der Waals surface area contributed by atoms with Gasteiger partial charge in [-0.15, -0.1) is 0 Å².